The maximum absolute atomic E-state index is 11.9. The summed E-state index contributed by atoms with van der Waals surface area (Å²) >= 11 is 0. The number of likely N-dealkylation sites (N-methyl/N-ethyl adjacent to an activating group) is 1. The topological polar surface area (TPSA) is 73.5 Å². The molecule has 0 aliphatic carbocycles. The Bertz CT molecular complexity index is 311. The van der Waals surface area contributed by atoms with Gasteiger partial charge in [-0.1, -0.05) is 6.92 Å². The van der Waals surface area contributed by atoms with Crippen LogP contribution in [0.3, 0.4) is 0 Å². The SMILES string of the molecule is CCN1CCCC1CNC(=O)C1CNC(=O)CN1. The fourth-order valence-electron chi connectivity index (χ4n) is 2.64. The lowest BCUT2D eigenvalue weighted by atomic mass is 10.2. The highest BCUT2D eigenvalue weighted by atomic mass is 16.2. The number of carbonyl (C=O) groups excluding carboxylic acids is 2. The second-order valence-electron chi connectivity index (χ2n) is 4.91. The summed E-state index contributed by atoms with van der Waals surface area (Å²) in [7, 11) is 0. The number of amides is 2. The Labute approximate surface area is 107 Å². The molecule has 0 saturated carbocycles. The van der Waals surface area contributed by atoms with Crippen LogP contribution >= 0.6 is 0 Å². The Morgan fingerprint density at radius 2 is 2.39 bits per heavy atom. The largest absolute Gasteiger partial charge is 0.353 e. The van der Waals surface area contributed by atoms with E-state index in [0.29, 0.717) is 19.1 Å². The zero-order valence-corrected chi connectivity index (χ0v) is 10.9. The number of nitrogens with one attached hydrogen (secondary N) is 3. The molecule has 2 fully saturated rings. The van der Waals surface area contributed by atoms with Crippen LogP contribution in [0.15, 0.2) is 0 Å². The maximum Gasteiger partial charge on any atom is 0.239 e. The average Bonchev–Trinajstić information content (AvgIpc) is 2.84. The predicted octanol–water partition coefficient (Wildman–Crippen LogP) is -1.33. The van der Waals surface area contributed by atoms with Crippen LogP contribution in [0.5, 0.6) is 0 Å². The highest BCUT2D eigenvalue weighted by Gasteiger charge is 2.26. The Hall–Kier alpha value is -1.14. The second kappa shape index (κ2) is 6.15. The zero-order chi connectivity index (χ0) is 13.0. The van der Waals surface area contributed by atoms with Crippen molar-refractivity contribution < 1.29 is 9.59 Å². The number of nitrogens with zero attached hydrogens (tertiary/aromatic N) is 1. The third kappa shape index (κ3) is 3.20. The minimum absolute atomic E-state index is 0.0158. The monoisotopic (exact) mass is 254 g/mol. The molecule has 3 N–H and O–H groups in total. The van der Waals surface area contributed by atoms with Gasteiger partial charge in [0.1, 0.15) is 6.04 Å². The number of piperazine rings is 1. The van der Waals surface area contributed by atoms with Gasteiger partial charge < -0.3 is 10.6 Å². The molecule has 0 radical (unpaired) electrons. The number of carbonyl (C=O) groups is 2. The van der Waals surface area contributed by atoms with Crippen LogP contribution < -0.4 is 16.0 Å². The van der Waals surface area contributed by atoms with Gasteiger partial charge in [-0.25, -0.2) is 0 Å². The van der Waals surface area contributed by atoms with E-state index >= 15 is 0 Å². The fraction of sp³-hybridized carbons (Fsp3) is 0.833. The molecule has 0 aromatic carbocycles. The molecule has 2 rings (SSSR count). The summed E-state index contributed by atoms with van der Waals surface area (Å²) < 4.78 is 0. The van der Waals surface area contributed by atoms with Crippen molar-refractivity contribution in [1.82, 2.24) is 20.9 Å². The van der Waals surface area contributed by atoms with Crippen LogP contribution in [0.2, 0.25) is 0 Å². The lowest BCUT2D eigenvalue weighted by molar-refractivity contribution is -0.126. The third-order valence-electron chi connectivity index (χ3n) is 3.75. The molecule has 2 atom stereocenters. The molecular formula is C12H22N4O2. The summed E-state index contributed by atoms with van der Waals surface area (Å²) in [5.74, 6) is -0.0649. The van der Waals surface area contributed by atoms with E-state index in [1.54, 1.807) is 0 Å². The first kappa shape index (κ1) is 13.3. The van der Waals surface area contributed by atoms with Gasteiger partial charge in [0.2, 0.25) is 11.8 Å². The molecule has 6 nitrogen and oxygen atoms in total. The lowest BCUT2D eigenvalue weighted by Crippen LogP contribution is -2.58. The molecule has 6 heteroatoms. The predicted molar refractivity (Wildman–Crippen MR) is 68.1 cm³/mol. The molecule has 102 valence electrons. The molecule has 0 aromatic heterocycles. The molecule has 2 aliphatic rings. The van der Waals surface area contributed by atoms with Crippen LogP contribution in [-0.2, 0) is 9.59 Å². The average molecular weight is 254 g/mol. The van der Waals surface area contributed by atoms with Crippen LogP contribution in [-0.4, -0.2) is 61.5 Å². The molecule has 2 unspecified atom stereocenters. The van der Waals surface area contributed by atoms with Crippen LogP contribution in [0.1, 0.15) is 19.8 Å². The molecule has 2 aliphatic heterocycles. The van der Waals surface area contributed by atoms with Crippen molar-refractivity contribution in [2.75, 3.05) is 32.7 Å². The normalized spacial score (nSPS) is 29.1. The van der Waals surface area contributed by atoms with Crippen molar-refractivity contribution in [3.8, 4) is 0 Å². The van der Waals surface area contributed by atoms with E-state index in [1.807, 2.05) is 0 Å². The molecule has 18 heavy (non-hydrogen) atoms. The highest BCUT2D eigenvalue weighted by molar-refractivity contribution is 5.86. The summed E-state index contributed by atoms with van der Waals surface area (Å²) in [5.41, 5.74) is 0. The van der Waals surface area contributed by atoms with E-state index < -0.39 is 0 Å². The standard InChI is InChI=1S/C12H22N4O2/c1-2-16-5-3-4-9(16)6-15-12(18)10-7-14-11(17)8-13-10/h9-10,13H,2-8H2,1H3,(H,14,17)(H,15,18). The minimum Gasteiger partial charge on any atom is -0.353 e. The van der Waals surface area contributed by atoms with E-state index in [4.69, 9.17) is 0 Å². The first-order chi connectivity index (χ1) is 8.70. The quantitative estimate of drug-likeness (QED) is 0.581. The van der Waals surface area contributed by atoms with Gasteiger partial charge in [0, 0.05) is 19.1 Å². The van der Waals surface area contributed by atoms with Crippen molar-refractivity contribution in [3.05, 3.63) is 0 Å². The van der Waals surface area contributed by atoms with Crippen molar-refractivity contribution in [2.24, 2.45) is 0 Å². The first-order valence-corrected chi connectivity index (χ1v) is 6.72. The fourth-order valence-corrected chi connectivity index (χ4v) is 2.64. The van der Waals surface area contributed by atoms with Crippen LogP contribution in [0, 0.1) is 0 Å². The molecule has 0 bridgehead atoms. The molecule has 0 spiro atoms. The van der Waals surface area contributed by atoms with E-state index in [1.165, 1.54) is 6.42 Å². The maximum atomic E-state index is 11.9. The molecule has 2 saturated heterocycles. The first-order valence-electron chi connectivity index (χ1n) is 6.72. The van der Waals surface area contributed by atoms with E-state index in [2.05, 4.69) is 27.8 Å². The summed E-state index contributed by atoms with van der Waals surface area (Å²) in [6, 6.07) is 0.177. The molecule has 2 amide bonds. The highest BCUT2D eigenvalue weighted by Crippen LogP contribution is 2.15. The van der Waals surface area contributed by atoms with Gasteiger partial charge >= 0.3 is 0 Å². The van der Waals surface area contributed by atoms with Crippen LogP contribution in [0.25, 0.3) is 0 Å². The number of hydrogen-bond donors (Lipinski definition) is 3. The van der Waals surface area contributed by atoms with Gasteiger partial charge in [0.15, 0.2) is 0 Å². The van der Waals surface area contributed by atoms with Gasteiger partial charge in [-0.05, 0) is 25.9 Å². The Balaban J connectivity index is 1.72. The van der Waals surface area contributed by atoms with Gasteiger partial charge in [0.05, 0.1) is 6.54 Å². The number of rotatable bonds is 4. The molecular weight excluding hydrogens is 232 g/mol. The van der Waals surface area contributed by atoms with Crippen molar-refractivity contribution in [1.29, 1.82) is 0 Å². The van der Waals surface area contributed by atoms with Gasteiger partial charge in [-0.15, -0.1) is 0 Å². The zero-order valence-electron chi connectivity index (χ0n) is 10.9. The smallest absolute Gasteiger partial charge is 0.239 e. The Morgan fingerprint density at radius 3 is 3.06 bits per heavy atom. The summed E-state index contributed by atoms with van der Waals surface area (Å²) in [6.45, 7) is 5.64. The van der Waals surface area contributed by atoms with E-state index in [9.17, 15) is 9.59 Å². The van der Waals surface area contributed by atoms with Crippen molar-refractivity contribution in [2.45, 2.75) is 31.8 Å². The van der Waals surface area contributed by atoms with Crippen LogP contribution in [0.4, 0.5) is 0 Å². The Kier molecular flexibility index (Phi) is 4.54. The Morgan fingerprint density at radius 1 is 1.56 bits per heavy atom. The number of likely N-dealkylation sites (tertiary alicyclic amines) is 1. The van der Waals surface area contributed by atoms with Gasteiger partial charge in [0.25, 0.3) is 0 Å². The third-order valence-corrected chi connectivity index (χ3v) is 3.75. The minimum atomic E-state index is -0.292. The second-order valence-corrected chi connectivity index (χ2v) is 4.91. The summed E-state index contributed by atoms with van der Waals surface area (Å²) in [6.07, 6.45) is 2.37. The lowest BCUT2D eigenvalue weighted by Gasteiger charge is -2.26. The van der Waals surface area contributed by atoms with E-state index in [0.717, 1.165) is 19.5 Å². The number of hydrogen-bond acceptors (Lipinski definition) is 4. The summed E-state index contributed by atoms with van der Waals surface area (Å²) in [5, 5.41) is 8.60. The van der Waals surface area contributed by atoms with Gasteiger partial charge in [-0.2, -0.15) is 0 Å². The summed E-state index contributed by atoms with van der Waals surface area (Å²) in [4.78, 5) is 25.3. The van der Waals surface area contributed by atoms with Gasteiger partial charge in [-0.3, -0.25) is 19.8 Å². The van der Waals surface area contributed by atoms with E-state index in [-0.39, 0.29) is 24.4 Å². The van der Waals surface area contributed by atoms with Crippen molar-refractivity contribution >= 4 is 11.8 Å². The van der Waals surface area contributed by atoms with Crippen molar-refractivity contribution in [3.63, 3.8) is 0 Å². The molecule has 0 aromatic rings. The molecule has 2 heterocycles.